The highest BCUT2D eigenvalue weighted by Crippen LogP contribution is 2.20. The molecule has 1 saturated heterocycles. The van der Waals surface area contributed by atoms with Gasteiger partial charge in [0.2, 0.25) is 0 Å². The number of hydrogen-bond donors (Lipinski definition) is 6. The highest BCUT2D eigenvalue weighted by molar-refractivity contribution is 5.78. The zero-order chi connectivity index (χ0) is 18.7. The van der Waals surface area contributed by atoms with Gasteiger partial charge in [0.15, 0.2) is 0 Å². The molecule has 0 aromatic carbocycles. The Bertz CT molecular complexity index is 367. The molecule has 0 spiro atoms. The van der Waals surface area contributed by atoms with E-state index in [0.29, 0.717) is 25.7 Å². The standard InChI is InChI=1S/C18H35NO6/c20-11-7-9-13(22)8-5-3-1-2-4-6-10-15(23)16-18(25)17(24)14(12-21)19-16/h14-21,23-25H,1-12H2/t14-,15-,16-,17-,18-/m1/s1. The van der Waals surface area contributed by atoms with Gasteiger partial charge in [-0.15, -0.1) is 0 Å². The van der Waals surface area contributed by atoms with E-state index in [1.807, 2.05) is 0 Å². The van der Waals surface area contributed by atoms with Gasteiger partial charge in [-0.25, -0.2) is 0 Å². The van der Waals surface area contributed by atoms with Crippen LogP contribution in [0.5, 0.6) is 0 Å². The van der Waals surface area contributed by atoms with Crippen LogP contribution in [0.3, 0.4) is 0 Å². The van der Waals surface area contributed by atoms with Gasteiger partial charge in [0, 0.05) is 19.4 Å². The highest BCUT2D eigenvalue weighted by Gasteiger charge is 2.43. The van der Waals surface area contributed by atoms with Crippen LogP contribution in [0.4, 0.5) is 0 Å². The zero-order valence-corrected chi connectivity index (χ0v) is 15.0. The fraction of sp³-hybridized carbons (Fsp3) is 0.944. The van der Waals surface area contributed by atoms with Crippen molar-refractivity contribution in [1.82, 2.24) is 5.32 Å². The summed E-state index contributed by atoms with van der Waals surface area (Å²) >= 11 is 0. The minimum atomic E-state index is -1.06. The van der Waals surface area contributed by atoms with Gasteiger partial charge in [-0.3, -0.25) is 4.79 Å². The molecule has 1 aliphatic rings. The van der Waals surface area contributed by atoms with Crippen LogP contribution in [0.25, 0.3) is 0 Å². The van der Waals surface area contributed by atoms with Crippen molar-refractivity contribution >= 4 is 5.78 Å². The first-order valence-electron chi connectivity index (χ1n) is 9.55. The number of rotatable bonds is 14. The van der Waals surface area contributed by atoms with Gasteiger partial charge in [0.05, 0.1) is 37.0 Å². The largest absolute Gasteiger partial charge is 0.396 e. The van der Waals surface area contributed by atoms with E-state index < -0.39 is 30.4 Å². The Labute approximate surface area is 150 Å². The molecule has 1 rings (SSSR count). The summed E-state index contributed by atoms with van der Waals surface area (Å²) in [6, 6.07) is -1.19. The van der Waals surface area contributed by atoms with Crippen LogP contribution < -0.4 is 5.32 Å². The predicted octanol–water partition coefficient (Wildman–Crippen LogP) is -0.136. The van der Waals surface area contributed by atoms with E-state index in [1.165, 1.54) is 0 Å². The Morgan fingerprint density at radius 1 is 0.880 bits per heavy atom. The summed E-state index contributed by atoms with van der Waals surface area (Å²) in [5, 5.41) is 50.4. The highest BCUT2D eigenvalue weighted by atomic mass is 16.3. The second-order valence-corrected chi connectivity index (χ2v) is 7.06. The third-order valence-corrected chi connectivity index (χ3v) is 4.97. The fourth-order valence-electron chi connectivity index (χ4n) is 3.36. The summed E-state index contributed by atoms with van der Waals surface area (Å²) in [5.41, 5.74) is 0. The SMILES string of the molecule is O=C(CCCO)CCCCCCCC[C@@H](O)[C@H]1N[C@H](CO)[C@@H](O)[C@@H]1O. The molecule has 5 atom stereocenters. The first-order valence-corrected chi connectivity index (χ1v) is 9.55. The van der Waals surface area contributed by atoms with Gasteiger partial charge in [0.25, 0.3) is 0 Å². The van der Waals surface area contributed by atoms with Crippen LogP contribution in [0, 0.1) is 0 Å². The van der Waals surface area contributed by atoms with Crippen molar-refractivity contribution in [2.45, 2.75) is 94.6 Å². The number of carbonyl (C=O) groups excluding carboxylic acids is 1. The molecule has 0 bridgehead atoms. The smallest absolute Gasteiger partial charge is 0.132 e. The van der Waals surface area contributed by atoms with Crippen LogP contribution >= 0.6 is 0 Å². The van der Waals surface area contributed by atoms with Gasteiger partial charge in [-0.05, 0) is 19.3 Å². The Kier molecular flexibility index (Phi) is 11.4. The summed E-state index contributed by atoms with van der Waals surface area (Å²) in [6.45, 7) is -0.200. The van der Waals surface area contributed by atoms with Crippen molar-refractivity contribution < 1.29 is 30.3 Å². The minimum Gasteiger partial charge on any atom is -0.396 e. The molecule has 1 heterocycles. The maximum Gasteiger partial charge on any atom is 0.132 e. The number of carbonyl (C=O) groups is 1. The topological polar surface area (TPSA) is 130 Å². The van der Waals surface area contributed by atoms with Crippen LogP contribution in [-0.2, 0) is 4.79 Å². The summed E-state index contributed by atoms with van der Waals surface area (Å²) in [4.78, 5) is 11.4. The summed E-state index contributed by atoms with van der Waals surface area (Å²) in [5.74, 6) is 0.225. The average Bonchev–Trinajstić information content (AvgIpc) is 2.90. The van der Waals surface area contributed by atoms with Crippen molar-refractivity contribution in [2.24, 2.45) is 0 Å². The van der Waals surface area contributed by atoms with E-state index >= 15 is 0 Å². The number of hydrogen-bond acceptors (Lipinski definition) is 7. The Balaban J connectivity index is 2.02. The molecule has 1 fully saturated rings. The normalized spacial score (nSPS) is 27.6. The molecule has 6 N–H and O–H groups in total. The number of aliphatic hydroxyl groups excluding tert-OH is 5. The summed E-state index contributed by atoms with van der Waals surface area (Å²) in [7, 11) is 0. The van der Waals surface area contributed by atoms with E-state index in [-0.39, 0.29) is 19.0 Å². The maximum atomic E-state index is 11.4. The summed E-state index contributed by atoms with van der Waals surface area (Å²) in [6.07, 6.45) is 5.13. The van der Waals surface area contributed by atoms with E-state index in [1.54, 1.807) is 0 Å². The van der Waals surface area contributed by atoms with Gasteiger partial charge in [-0.1, -0.05) is 32.1 Å². The predicted molar refractivity (Wildman–Crippen MR) is 94.1 cm³/mol. The Hall–Kier alpha value is -0.570. The number of unbranched alkanes of at least 4 members (excludes halogenated alkanes) is 5. The van der Waals surface area contributed by atoms with Gasteiger partial charge >= 0.3 is 0 Å². The van der Waals surface area contributed by atoms with E-state index in [4.69, 9.17) is 10.2 Å². The lowest BCUT2D eigenvalue weighted by atomic mass is 9.98. The van der Waals surface area contributed by atoms with E-state index in [9.17, 15) is 20.1 Å². The molecule has 25 heavy (non-hydrogen) atoms. The first kappa shape index (κ1) is 22.5. The van der Waals surface area contributed by atoms with Crippen LogP contribution in [0.15, 0.2) is 0 Å². The third-order valence-electron chi connectivity index (χ3n) is 4.97. The monoisotopic (exact) mass is 361 g/mol. The molecule has 0 radical (unpaired) electrons. The first-order chi connectivity index (χ1) is 12.0. The lowest BCUT2D eigenvalue weighted by Gasteiger charge is -2.22. The van der Waals surface area contributed by atoms with Crippen molar-refractivity contribution in [3.8, 4) is 0 Å². The number of Topliss-reactive ketones (excluding diaryl/α,β-unsaturated/α-hetero) is 1. The minimum absolute atomic E-state index is 0.0740. The Morgan fingerprint density at radius 3 is 2.08 bits per heavy atom. The van der Waals surface area contributed by atoms with Crippen LogP contribution in [0.1, 0.15) is 64.2 Å². The molecular weight excluding hydrogens is 326 g/mol. The zero-order valence-electron chi connectivity index (χ0n) is 15.0. The fourth-order valence-corrected chi connectivity index (χ4v) is 3.36. The molecular formula is C18H35NO6. The second-order valence-electron chi connectivity index (χ2n) is 7.06. The van der Waals surface area contributed by atoms with E-state index in [2.05, 4.69) is 5.32 Å². The number of ketones is 1. The number of nitrogens with one attached hydrogen (secondary N) is 1. The molecule has 0 unspecified atom stereocenters. The molecule has 0 aliphatic carbocycles. The van der Waals surface area contributed by atoms with Crippen molar-refractivity contribution in [1.29, 1.82) is 0 Å². The molecule has 7 nitrogen and oxygen atoms in total. The van der Waals surface area contributed by atoms with Crippen LogP contribution in [0.2, 0.25) is 0 Å². The molecule has 0 aromatic rings. The Morgan fingerprint density at radius 2 is 1.48 bits per heavy atom. The molecule has 0 aromatic heterocycles. The third kappa shape index (κ3) is 8.11. The van der Waals surface area contributed by atoms with Gasteiger partial charge < -0.3 is 30.8 Å². The van der Waals surface area contributed by atoms with Crippen LogP contribution in [-0.4, -0.2) is 74.9 Å². The number of aliphatic hydroxyl groups is 5. The van der Waals surface area contributed by atoms with E-state index in [0.717, 1.165) is 38.5 Å². The molecule has 0 saturated carbocycles. The molecule has 0 amide bonds. The molecule has 1 aliphatic heterocycles. The quantitative estimate of drug-likeness (QED) is 0.238. The maximum absolute atomic E-state index is 11.4. The van der Waals surface area contributed by atoms with Crippen molar-refractivity contribution in [3.63, 3.8) is 0 Å². The average molecular weight is 361 g/mol. The van der Waals surface area contributed by atoms with Crippen molar-refractivity contribution in [2.75, 3.05) is 13.2 Å². The summed E-state index contributed by atoms with van der Waals surface area (Å²) < 4.78 is 0. The molecule has 148 valence electrons. The molecule has 7 heteroatoms. The van der Waals surface area contributed by atoms with Crippen molar-refractivity contribution in [3.05, 3.63) is 0 Å². The lowest BCUT2D eigenvalue weighted by molar-refractivity contribution is -0.119. The second kappa shape index (κ2) is 12.7. The lowest BCUT2D eigenvalue weighted by Crippen LogP contribution is -2.44. The van der Waals surface area contributed by atoms with Gasteiger partial charge in [0.1, 0.15) is 5.78 Å². The van der Waals surface area contributed by atoms with Gasteiger partial charge in [-0.2, -0.15) is 0 Å².